The van der Waals surface area contributed by atoms with E-state index < -0.39 is 0 Å². The van der Waals surface area contributed by atoms with Gasteiger partial charge in [0.15, 0.2) is 6.73 Å². The van der Waals surface area contributed by atoms with Crippen molar-refractivity contribution < 1.29 is 9.53 Å². The Bertz CT molecular complexity index is 1150. The molecule has 0 bridgehead atoms. The zero-order valence-corrected chi connectivity index (χ0v) is 19.2. The predicted octanol–water partition coefficient (Wildman–Crippen LogP) is 4.32. The molecule has 5 rings (SSSR count). The van der Waals surface area contributed by atoms with Crippen molar-refractivity contribution in [3.8, 4) is 5.88 Å². The van der Waals surface area contributed by atoms with Gasteiger partial charge in [-0.3, -0.25) is 9.69 Å². The molecule has 1 amide bonds. The van der Waals surface area contributed by atoms with Crippen LogP contribution in [0.1, 0.15) is 16.8 Å². The molecule has 0 radical (unpaired) electrons. The first-order valence-corrected chi connectivity index (χ1v) is 11.4. The van der Waals surface area contributed by atoms with Gasteiger partial charge >= 0.3 is 0 Å². The van der Waals surface area contributed by atoms with Gasteiger partial charge in [0, 0.05) is 37.2 Å². The molecule has 170 valence electrons. The summed E-state index contributed by atoms with van der Waals surface area (Å²) in [6.45, 7) is 4.02. The quantitative estimate of drug-likeness (QED) is 0.570. The molecule has 2 aliphatic heterocycles. The van der Waals surface area contributed by atoms with Gasteiger partial charge in [-0.2, -0.15) is 4.98 Å². The van der Waals surface area contributed by atoms with Crippen molar-refractivity contribution in [2.75, 3.05) is 48.0 Å². The van der Waals surface area contributed by atoms with Crippen LogP contribution in [0.15, 0.2) is 48.7 Å². The highest BCUT2D eigenvalue weighted by Gasteiger charge is 2.31. The first-order chi connectivity index (χ1) is 16.1. The summed E-state index contributed by atoms with van der Waals surface area (Å²) in [6, 6.07) is 13.2. The van der Waals surface area contributed by atoms with Gasteiger partial charge < -0.3 is 20.3 Å². The largest absolute Gasteiger partial charge is 0.455 e. The van der Waals surface area contributed by atoms with Crippen LogP contribution in [0, 0.1) is 0 Å². The average Bonchev–Trinajstić information content (AvgIpc) is 3.11. The van der Waals surface area contributed by atoms with Crippen molar-refractivity contribution >= 4 is 52.1 Å². The summed E-state index contributed by atoms with van der Waals surface area (Å²) in [4.78, 5) is 25.4. The lowest BCUT2D eigenvalue weighted by Crippen LogP contribution is -2.39. The van der Waals surface area contributed by atoms with Crippen LogP contribution < -0.4 is 25.2 Å². The number of fused-ring (bicyclic) bond motifs is 1. The first kappa shape index (κ1) is 21.8. The number of halogens is 2. The molecule has 0 spiro atoms. The van der Waals surface area contributed by atoms with E-state index >= 15 is 0 Å². The third kappa shape index (κ3) is 4.55. The third-order valence-electron chi connectivity index (χ3n) is 5.60. The third-order valence-corrected chi connectivity index (χ3v) is 6.21. The minimum atomic E-state index is -0.325. The lowest BCUT2D eigenvalue weighted by molar-refractivity contribution is 0.0932. The van der Waals surface area contributed by atoms with Gasteiger partial charge in [0.25, 0.3) is 5.91 Å². The fourth-order valence-corrected chi connectivity index (χ4v) is 4.52. The van der Waals surface area contributed by atoms with E-state index in [-0.39, 0.29) is 24.1 Å². The second-order valence-electron chi connectivity index (χ2n) is 7.75. The van der Waals surface area contributed by atoms with Crippen LogP contribution in [0.4, 0.5) is 23.0 Å². The number of carbonyl (C=O) groups excluding carboxylic acids is 1. The number of ether oxygens (including phenoxy) is 1. The van der Waals surface area contributed by atoms with E-state index in [9.17, 15) is 4.79 Å². The van der Waals surface area contributed by atoms with E-state index in [0.29, 0.717) is 21.7 Å². The number of carbonyl (C=O) groups is 1. The summed E-state index contributed by atoms with van der Waals surface area (Å²) in [5.41, 5.74) is 2.67. The number of amides is 1. The van der Waals surface area contributed by atoms with E-state index in [0.717, 1.165) is 38.3 Å². The molecule has 1 saturated heterocycles. The summed E-state index contributed by atoms with van der Waals surface area (Å²) >= 11 is 12.5. The Morgan fingerprint density at radius 1 is 1.03 bits per heavy atom. The molecule has 1 fully saturated rings. The van der Waals surface area contributed by atoms with Gasteiger partial charge in [-0.15, -0.1) is 0 Å². The molecular formula is C23H22Cl2N6O2. The van der Waals surface area contributed by atoms with E-state index in [1.807, 2.05) is 12.1 Å². The Morgan fingerprint density at radius 2 is 1.82 bits per heavy atom. The Labute approximate surface area is 201 Å². The molecule has 2 aliphatic rings. The molecule has 0 atom stereocenters. The number of anilines is 4. The fraction of sp³-hybridized carbons (Fsp3) is 0.261. The molecule has 0 aliphatic carbocycles. The van der Waals surface area contributed by atoms with E-state index in [1.54, 1.807) is 18.2 Å². The molecular weight excluding hydrogens is 463 g/mol. The number of benzene rings is 2. The normalized spacial score (nSPS) is 16.1. The van der Waals surface area contributed by atoms with Gasteiger partial charge in [0.1, 0.15) is 5.56 Å². The summed E-state index contributed by atoms with van der Waals surface area (Å²) in [5.74, 6) is 0.234. The average molecular weight is 485 g/mol. The van der Waals surface area contributed by atoms with Crippen LogP contribution in [0.25, 0.3) is 0 Å². The monoisotopic (exact) mass is 484 g/mol. The van der Waals surface area contributed by atoms with Gasteiger partial charge in [0.05, 0.1) is 15.7 Å². The van der Waals surface area contributed by atoms with Crippen LogP contribution in [0.3, 0.4) is 0 Å². The minimum Gasteiger partial charge on any atom is -0.455 e. The van der Waals surface area contributed by atoms with Crippen LogP contribution in [-0.2, 0) is 0 Å². The number of nitrogens with one attached hydrogen (secondary N) is 2. The number of aromatic nitrogens is 2. The molecule has 0 unspecified atom stereocenters. The maximum atomic E-state index is 13.0. The van der Waals surface area contributed by atoms with E-state index in [1.165, 1.54) is 16.8 Å². The SMILES string of the molecule is O=C1c2cnc(Nc3ccc(N4CCCNCC4)cc3)nc2OCN1c1c(Cl)cccc1Cl. The summed E-state index contributed by atoms with van der Waals surface area (Å²) in [7, 11) is 0. The Morgan fingerprint density at radius 3 is 2.61 bits per heavy atom. The molecule has 0 saturated carbocycles. The Hall–Kier alpha value is -3.07. The van der Waals surface area contributed by atoms with Gasteiger partial charge in [-0.05, 0) is 49.4 Å². The molecule has 3 aromatic rings. The van der Waals surface area contributed by atoms with Crippen molar-refractivity contribution in [3.63, 3.8) is 0 Å². The predicted molar refractivity (Wildman–Crippen MR) is 130 cm³/mol. The highest BCUT2D eigenvalue weighted by Crippen LogP contribution is 2.37. The molecule has 2 N–H and O–H groups in total. The summed E-state index contributed by atoms with van der Waals surface area (Å²) in [5, 5.41) is 7.31. The fourth-order valence-electron chi connectivity index (χ4n) is 3.91. The van der Waals surface area contributed by atoms with E-state index in [4.69, 9.17) is 27.9 Å². The lowest BCUT2D eigenvalue weighted by Gasteiger charge is -2.29. The second-order valence-corrected chi connectivity index (χ2v) is 8.57. The molecule has 8 nitrogen and oxygen atoms in total. The molecule has 10 heteroatoms. The number of nitrogens with zero attached hydrogens (tertiary/aromatic N) is 4. The maximum Gasteiger partial charge on any atom is 0.268 e. The summed E-state index contributed by atoms with van der Waals surface area (Å²) < 4.78 is 5.74. The van der Waals surface area contributed by atoms with Crippen LogP contribution >= 0.6 is 23.2 Å². The van der Waals surface area contributed by atoms with Crippen molar-refractivity contribution in [3.05, 3.63) is 64.3 Å². The van der Waals surface area contributed by atoms with Crippen LogP contribution in [0.2, 0.25) is 10.0 Å². The molecule has 33 heavy (non-hydrogen) atoms. The summed E-state index contributed by atoms with van der Waals surface area (Å²) in [6.07, 6.45) is 2.57. The molecule has 3 heterocycles. The Kier molecular flexibility index (Phi) is 6.22. The number of hydrogen-bond acceptors (Lipinski definition) is 7. The maximum absolute atomic E-state index is 13.0. The first-order valence-electron chi connectivity index (χ1n) is 10.7. The zero-order chi connectivity index (χ0) is 22.8. The zero-order valence-electron chi connectivity index (χ0n) is 17.7. The van der Waals surface area contributed by atoms with Crippen LogP contribution in [-0.4, -0.2) is 48.8 Å². The number of hydrogen-bond donors (Lipinski definition) is 2. The van der Waals surface area contributed by atoms with Crippen molar-refractivity contribution in [1.29, 1.82) is 0 Å². The van der Waals surface area contributed by atoms with Gasteiger partial charge in [0.2, 0.25) is 11.8 Å². The van der Waals surface area contributed by atoms with E-state index in [2.05, 4.69) is 37.6 Å². The van der Waals surface area contributed by atoms with Gasteiger partial charge in [-0.25, -0.2) is 4.98 Å². The van der Waals surface area contributed by atoms with Crippen molar-refractivity contribution in [2.24, 2.45) is 0 Å². The lowest BCUT2D eigenvalue weighted by atomic mass is 10.2. The minimum absolute atomic E-state index is 0.0505. The highest BCUT2D eigenvalue weighted by atomic mass is 35.5. The second kappa shape index (κ2) is 9.43. The van der Waals surface area contributed by atoms with Crippen LogP contribution in [0.5, 0.6) is 5.88 Å². The highest BCUT2D eigenvalue weighted by molar-refractivity contribution is 6.40. The van der Waals surface area contributed by atoms with Crippen molar-refractivity contribution in [2.45, 2.75) is 6.42 Å². The van der Waals surface area contributed by atoms with Gasteiger partial charge in [-0.1, -0.05) is 29.3 Å². The smallest absolute Gasteiger partial charge is 0.268 e. The number of para-hydroxylation sites is 1. The Balaban J connectivity index is 1.31. The topological polar surface area (TPSA) is 82.6 Å². The van der Waals surface area contributed by atoms with Crippen molar-refractivity contribution in [1.82, 2.24) is 15.3 Å². The molecule has 1 aromatic heterocycles. The standard InChI is InChI=1S/C23H22Cl2N6O2/c24-18-3-1-4-19(25)20(18)31-14-33-21-17(22(31)32)13-27-23(29-21)28-15-5-7-16(8-6-15)30-11-2-9-26-10-12-30/h1,3-8,13,26H,2,9-12,14H2,(H,27,28,29). The number of rotatable bonds is 4. The molecule has 2 aromatic carbocycles.